The Hall–Kier alpha value is -1.31. The zero-order chi connectivity index (χ0) is 14.9. The Labute approximate surface area is 124 Å². The first-order valence-electron chi connectivity index (χ1n) is 7.19. The number of benzene rings is 1. The number of nitrogens with two attached hydrogens (primary N) is 1. The van der Waals surface area contributed by atoms with E-state index in [9.17, 15) is 8.42 Å². The molecule has 2 heterocycles. The summed E-state index contributed by atoms with van der Waals surface area (Å²) >= 11 is 0. The Morgan fingerprint density at radius 2 is 1.95 bits per heavy atom. The van der Waals surface area contributed by atoms with Gasteiger partial charge in [-0.05, 0) is 30.5 Å². The molecule has 2 unspecified atom stereocenters. The van der Waals surface area contributed by atoms with Crippen molar-refractivity contribution in [2.75, 3.05) is 19.0 Å². The van der Waals surface area contributed by atoms with Crippen LogP contribution in [0.25, 0.3) is 0 Å². The van der Waals surface area contributed by atoms with Crippen LogP contribution < -0.4 is 20.7 Å². The Bertz CT molecular complexity index is 617. The fourth-order valence-electron chi connectivity index (χ4n) is 3.03. The first-order valence-corrected chi connectivity index (χ1v) is 8.90. The van der Waals surface area contributed by atoms with Crippen LogP contribution in [0.3, 0.4) is 0 Å². The predicted octanol–water partition coefficient (Wildman–Crippen LogP) is 0.929. The molecule has 7 heteroatoms. The molecular weight excluding hydrogens is 292 g/mol. The summed E-state index contributed by atoms with van der Waals surface area (Å²) in [7, 11) is -3.12. The minimum absolute atomic E-state index is 0.237. The molecule has 6 nitrogen and oxygen atoms in total. The van der Waals surface area contributed by atoms with Gasteiger partial charge in [-0.3, -0.25) is 11.3 Å². The van der Waals surface area contributed by atoms with Crippen molar-refractivity contribution >= 4 is 9.84 Å². The minimum atomic E-state index is -3.12. The van der Waals surface area contributed by atoms with Crippen molar-refractivity contribution < 1.29 is 17.9 Å². The number of nitrogens with one attached hydrogen (secondary N) is 1. The van der Waals surface area contributed by atoms with Gasteiger partial charge in [-0.2, -0.15) is 0 Å². The van der Waals surface area contributed by atoms with Gasteiger partial charge in [0.1, 0.15) is 13.2 Å². The smallest absolute Gasteiger partial charge is 0.161 e. The number of rotatable bonds is 3. The predicted molar refractivity (Wildman–Crippen MR) is 78.9 cm³/mol. The number of hydrazine groups is 1. The Kier molecular flexibility index (Phi) is 4.05. The van der Waals surface area contributed by atoms with Crippen LogP contribution in [0.4, 0.5) is 0 Å². The average Bonchev–Trinajstić information content (AvgIpc) is 2.49. The summed E-state index contributed by atoms with van der Waals surface area (Å²) in [5, 5.41) is -0.487. The second-order valence-electron chi connectivity index (χ2n) is 5.45. The zero-order valence-electron chi connectivity index (χ0n) is 11.7. The van der Waals surface area contributed by atoms with Gasteiger partial charge in [-0.15, -0.1) is 0 Å². The molecule has 0 bridgehead atoms. The highest BCUT2D eigenvalue weighted by molar-refractivity contribution is 7.92. The second kappa shape index (κ2) is 5.82. The van der Waals surface area contributed by atoms with E-state index < -0.39 is 21.1 Å². The van der Waals surface area contributed by atoms with Crippen LogP contribution in [0, 0.1) is 0 Å². The lowest BCUT2D eigenvalue weighted by Crippen LogP contribution is -2.43. The lowest BCUT2D eigenvalue weighted by molar-refractivity contribution is 0.171. The summed E-state index contributed by atoms with van der Waals surface area (Å²) in [6.07, 6.45) is 2.27. The highest BCUT2D eigenvalue weighted by Crippen LogP contribution is 2.36. The minimum Gasteiger partial charge on any atom is -0.486 e. The van der Waals surface area contributed by atoms with Gasteiger partial charge in [0.15, 0.2) is 21.3 Å². The highest BCUT2D eigenvalue weighted by Gasteiger charge is 2.36. The molecule has 0 aromatic heterocycles. The highest BCUT2D eigenvalue weighted by atomic mass is 32.2. The molecule has 1 aromatic carbocycles. The second-order valence-corrected chi connectivity index (χ2v) is 7.79. The molecule has 21 heavy (non-hydrogen) atoms. The van der Waals surface area contributed by atoms with Crippen molar-refractivity contribution in [3.8, 4) is 11.5 Å². The standard InChI is InChI=1S/C14H20N2O4S/c15-16-14(13-3-1-2-8-21(13,17)18)10-4-5-11-12(9-10)20-7-6-19-11/h4-5,9,13-14,16H,1-3,6-8,15H2. The molecule has 1 aromatic rings. The normalized spacial score (nSPS) is 25.3. The SMILES string of the molecule is NNC(c1ccc2c(c1)OCCO2)C1CCCCS1(=O)=O. The van der Waals surface area contributed by atoms with Crippen LogP contribution in [-0.2, 0) is 9.84 Å². The molecule has 0 aliphatic carbocycles. The Balaban J connectivity index is 1.92. The summed E-state index contributed by atoms with van der Waals surface area (Å²) in [6.45, 7) is 1.03. The monoisotopic (exact) mass is 312 g/mol. The third-order valence-corrected chi connectivity index (χ3v) is 6.39. The topological polar surface area (TPSA) is 90.7 Å². The van der Waals surface area contributed by atoms with Crippen LogP contribution in [0.2, 0.25) is 0 Å². The average molecular weight is 312 g/mol. The van der Waals surface area contributed by atoms with Gasteiger partial charge in [0.05, 0.1) is 17.0 Å². The molecular formula is C14H20N2O4S. The van der Waals surface area contributed by atoms with E-state index in [1.807, 2.05) is 18.2 Å². The first kappa shape index (κ1) is 14.6. The fourth-order valence-corrected chi connectivity index (χ4v) is 5.11. The van der Waals surface area contributed by atoms with Crippen molar-refractivity contribution in [1.29, 1.82) is 0 Å². The molecule has 2 atom stereocenters. The number of hydrogen-bond donors (Lipinski definition) is 2. The maximum Gasteiger partial charge on any atom is 0.161 e. The van der Waals surface area contributed by atoms with E-state index in [0.29, 0.717) is 31.1 Å². The summed E-state index contributed by atoms with van der Waals surface area (Å²) in [5.74, 6) is 7.22. The van der Waals surface area contributed by atoms with Crippen molar-refractivity contribution in [3.05, 3.63) is 23.8 Å². The van der Waals surface area contributed by atoms with E-state index in [0.717, 1.165) is 18.4 Å². The third kappa shape index (κ3) is 2.86. The van der Waals surface area contributed by atoms with E-state index in [4.69, 9.17) is 15.3 Å². The van der Waals surface area contributed by atoms with Gasteiger partial charge in [-0.1, -0.05) is 12.5 Å². The van der Waals surface area contributed by atoms with Gasteiger partial charge in [0.2, 0.25) is 0 Å². The van der Waals surface area contributed by atoms with Crippen LogP contribution in [0.5, 0.6) is 11.5 Å². The number of fused-ring (bicyclic) bond motifs is 1. The van der Waals surface area contributed by atoms with E-state index in [-0.39, 0.29) is 5.75 Å². The number of sulfone groups is 1. The molecule has 2 aliphatic rings. The maximum atomic E-state index is 12.3. The largest absolute Gasteiger partial charge is 0.486 e. The third-order valence-electron chi connectivity index (χ3n) is 4.11. The quantitative estimate of drug-likeness (QED) is 0.637. The summed E-state index contributed by atoms with van der Waals surface area (Å²) in [4.78, 5) is 0. The van der Waals surface area contributed by atoms with E-state index >= 15 is 0 Å². The number of hydrogen-bond acceptors (Lipinski definition) is 6. The molecule has 0 radical (unpaired) electrons. The summed E-state index contributed by atoms with van der Waals surface area (Å²) in [5.41, 5.74) is 3.49. The fraction of sp³-hybridized carbons (Fsp3) is 0.571. The molecule has 0 spiro atoms. The summed E-state index contributed by atoms with van der Waals surface area (Å²) < 4.78 is 35.6. The molecule has 0 amide bonds. The molecule has 3 N–H and O–H groups in total. The zero-order valence-corrected chi connectivity index (χ0v) is 12.6. The van der Waals surface area contributed by atoms with Gasteiger partial charge in [-0.25, -0.2) is 8.42 Å². The Morgan fingerprint density at radius 1 is 1.19 bits per heavy atom. The molecule has 2 aliphatic heterocycles. The van der Waals surface area contributed by atoms with Crippen LogP contribution >= 0.6 is 0 Å². The van der Waals surface area contributed by atoms with Gasteiger partial charge in [0, 0.05) is 0 Å². The van der Waals surface area contributed by atoms with Crippen molar-refractivity contribution in [1.82, 2.24) is 5.43 Å². The van der Waals surface area contributed by atoms with Crippen molar-refractivity contribution in [2.45, 2.75) is 30.6 Å². The first-order chi connectivity index (χ1) is 10.1. The van der Waals surface area contributed by atoms with Crippen molar-refractivity contribution in [2.24, 2.45) is 5.84 Å². The Morgan fingerprint density at radius 3 is 2.67 bits per heavy atom. The van der Waals surface area contributed by atoms with Gasteiger partial charge in [0.25, 0.3) is 0 Å². The lowest BCUT2D eigenvalue weighted by Gasteiger charge is -2.30. The van der Waals surface area contributed by atoms with E-state index in [1.165, 1.54) is 0 Å². The van der Waals surface area contributed by atoms with Crippen LogP contribution in [-0.4, -0.2) is 32.6 Å². The van der Waals surface area contributed by atoms with Crippen molar-refractivity contribution in [3.63, 3.8) is 0 Å². The van der Waals surface area contributed by atoms with Crippen LogP contribution in [0.15, 0.2) is 18.2 Å². The van der Waals surface area contributed by atoms with E-state index in [2.05, 4.69) is 5.43 Å². The lowest BCUT2D eigenvalue weighted by atomic mass is 9.99. The molecule has 116 valence electrons. The number of ether oxygens (including phenoxy) is 2. The van der Waals surface area contributed by atoms with E-state index in [1.54, 1.807) is 0 Å². The molecule has 3 rings (SSSR count). The maximum absolute atomic E-state index is 12.3. The van der Waals surface area contributed by atoms with Gasteiger partial charge < -0.3 is 9.47 Å². The summed E-state index contributed by atoms with van der Waals surface area (Å²) in [6, 6.07) is 5.06. The molecule has 0 saturated carbocycles. The van der Waals surface area contributed by atoms with Gasteiger partial charge >= 0.3 is 0 Å². The van der Waals surface area contributed by atoms with Crippen LogP contribution in [0.1, 0.15) is 30.9 Å². The molecule has 1 saturated heterocycles. The molecule has 1 fully saturated rings.